The van der Waals surface area contributed by atoms with E-state index in [4.69, 9.17) is 0 Å². The van der Waals surface area contributed by atoms with Crippen molar-refractivity contribution in [2.75, 3.05) is 0 Å². The van der Waals surface area contributed by atoms with E-state index in [1.165, 1.54) is 0 Å². The van der Waals surface area contributed by atoms with Gasteiger partial charge >= 0.3 is 5.97 Å². The number of hydrogen-bond donors (Lipinski definition) is 1. The molecule has 0 bridgehead atoms. The highest BCUT2D eigenvalue weighted by atomic mass is 79.9. The van der Waals surface area contributed by atoms with Crippen LogP contribution in [0.15, 0.2) is 22.7 Å². The topological polar surface area (TPSA) is 68.0 Å². The van der Waals surface area contributed by atoms with Crippen LogP contribution in [0.1, 0.15) is 40.5 Å². The summed E-state index contributed by atoms with van der Waals surface area (Å²) in [6.07, 6.45) is 1.99. The van der Waals surface area contributed by atoms with Gasteiger partial charge in [0, 0.05) is 10.4 Å². The summed E-state index contributed by atoms with van der Waals surface area (Å²) in [6.45, 7) is 1.99. The van der Waals surface area contributed by atoms with Crippen LogP contribution in [-0.4, -0.2) is 26.1 Å². The van der Waals surface area contributed by atoms with Gasteiger partial charge in [-0.3, -0.25) is 0 Å². The molecule has 0 unspecified atom stereocenters. The number of carboxylic acids is 1. The lowest BCUT2D eigenvalue weighted by Gasteiger charge is -2.09. The van der Waals surface area contributed by atoms with Gasteiger partial charge in [-0.15, -0.1) is 5.10 Å². The van der Waals surface area contributed by atoms with E-state index in [0.29, 0.717) is 5.69 Å². The Labute approximate surface area is 118 Å². The first-order chi connectivity index (χ1) is 9.09. The number of carboxylic acid groups (broad SMARTS) is 1. The molecule has 1 heterocycles. The monoisotopic (exact) mass is 321 g/mol. The summed E-state index contributed by atoms with van der Waals surface area (Å²) >= 11 is 3.53. The van der Waals surface area contributed by atoms with Gasteiger partial charge in [-0.05, 0) is 47.3 Å². The summed E-state index contributed by atoms with van der Waals surface area (Å²) in [4.78, 5) is 11.2. The predicted molar refractivity (Wildman–Crippen MR) is 72.7 cm³/mol. The summed E-state index contributed by atoms with van der Waals surface area (Å²) in [5, 5.41) is 17.0. The Hall–Kier alpha value is -1.69. The molecule has 1 aliphatic carbocycles. The number of aromatic carboxylic acids is 1. The lowest BCUT2D eigenvalue weighted by molar-refractivity contribution is 0.0689. The molecule has 3 rings (SSSR count). The van der Waals surface area contributed by atoms with Crippen LogP contribution in [0.5, 0.6) is 0 Å². The van der Waals surface area contributed by atoms with Crippen LogP contribution < -0.4 is 0 Å². The zero-order chi connectivity index (χ0) is 13.6. The third-order valence-electron chi connectivity index (χ3n) is 3.27. The summed E-state index contributed by atoms with van der Waals surface area (Å²) in [5.41, 5.74) is 2.68. The Balaban J connectivity index is 2.20. The van der Waals surface area contributed by atoms with Crippen LogP contribution in [0.2, 0.25) is 0 Å². The number of hydrogen-bond acceptors (Lipinski definition) is 3. The molecule has 98 valence electrons. The van der Waals surface area contributed by atoms with Gasteiger partial charge in [0.15, 0.2) is 5.69 Å². The highest BCUT2D eigenvalue weighted by molar-refractivity contribution is 9.10. The standard InChI is InChI=1S/C13H12BrN3O2/c1-7-3-2-4-9(10(7)14)17-12(8-5-6-8)11(13(18)19)15-16-17/h2-4,8H,5-6H2,1H3,(H,18,19). The number of carbonyl (C=O) groups is 1. The van der Waals surface area contributed by atoms with Crippen LogP contribution in [0, 0.1) is 6.92 Å². The van der Waals surface area contributed by atoms with Crippen LogP contribution >= 0.6 is 15.9 Å². The first-order valence-electron chi connectivity index (χ1n) is 6.04. The van der Waals surface area contributed by atoms with Gasteiger partial charge in [0.05, 0.1) is 11.4 Å². The van der Waals surface area contributed by atoms with E-state index in [-0.39, 0.29) is 11.6 Å². The van der Waals surface area contributed by atoms with Crippen molar-refractivity contribution < 1.29 is 9.90 Å². The molecule has 0 spiro atoms. The minimum atomic E-state index is -1.02. The van der Waals surface area contributed by atoms with Crippen molar-refractivity contribution in [2.24, 2.45) is 0 Å². The summed E-state index contributed by atoms with van der Waals surface area (Å²) in [6, 6.07) is 5.82. The number of rotatable bonds is 3. The molecule has 1 N–H and O–H groups in total. The van der Waals surface area contributed by atoms with E-state index >= 15 is 0 Å². The lowest BCUT2D eigenvalue weighted by Crippen LogP contribution is -2.06. The van der Waals surface area contributed by atoms with E-state index in [1.807, 2.05) is 25.1 Å². The number of nitrogens with zero attached hydrogens (tertiary/aromatic N) is 3. The Kier molecular flexibility index (Phi) is 2.89. The van der Waals surface area contributed by atoms with Gasteiger partial charge < -0.3 is 5.11 Å². The first-order valence-corrected chi connectivity index (χ1v) is 6.83. The van der Waals surface area contributed by atoms with Gasteiger partial charge in [-0.25, -0.2) is 9.48 Å². The van der Waals surface area contributed by atoms with Crippen LogP contribution in [0.4, 0.5) is 0 Å². The number of halogens is 1. The van der Waals surface area contributed by atoms with Crippen molar-refractivity contribution in [2.45, 2.75) is 25.7 Å². The van der Waals surface area contributed by atoms with E-state index in [9.17, 15) is 9.90 Å². The molecule has 1 fully saturated rings. The molecule has 6 heteroatoms. The van der Waals surface area contributed by atoms with E-state index in [2.05, 4.69) is 26.2 Å². The Bertz CT molecular complexity index is 662. The Morgan fingerprint density at radius 3 is 2.84 bits per heavy atom. The fourth-order valence-electron chi connectivity index (χ4n) is 2.14. The highest BCUT2D eigenvalue weighted by Gasteiger charge is 2.34. The zero-order valence-electron chi connectivity index (χ0n) is 10.3. The third kappa shape index (κ3) is 2.06. The summed E-state index contributed by atoms with van der Waals surface area (Å²) < 4.78 is 2.57. The molecule has 1 aromatic heterocycles. The smallest absolute Gasteiger partial charge is 0.358 e. The maximum absolute atomic E-state index is 11.2. The van der Waals surface area contributed by atoms with Gasteiger partial charge in [0.2, 0.25) is 0 Å². The van der Waals surface area contributed by atoms with Crippen molar-refractivity contribution in [3.05, 3.63) is 39.6 Å². The Morgan fingerprint density at radius 1 is 1.47 bits per heavy atom. The second kappa shape index (κ2) is 4.45. The minimum absolute atomic E-state index is 0.0657. The highest BCUT2D eigenvalue weighted by Crippen LogP contribution is 2.42. The van der Waals surface area contributed by atoms with Gasteiger partial charge in [-0.1, -0.05) is 17.3 Å². The van der Waals surface area contributed by atoms with Gasteiger partial charge in [-0.2, -0.15) is 0 Å². The molecule has 0 amide bonds. The molecular formula is C13H12BrN3O2. The van der Waals surface area contributed by atoms with E-state index in [1.54, 1.807) is 4.68 Å². The number of benzene rings is 1. The molecule has 19 heavy (non-hydrogen) atoms. The zero-order valence-corrected chi connectivity index (χ0v) is 11.9. The first kappa shape index (κ1) is 12.3. The summed E-state index contributed by atoms with van der Waals surface area (Å²) in [5.74, 6) is -0.759. The molecule has 1 saturated carbocycles. The van der Waals surface area contributed by atoms with Crippen molar-refractivity contribution in [1.29, 1.82) is 0 Å². The fraction of sp³-hybridized carbons (Fsp3) is 0.308. The average molecular weight is 322 g/mol. The molecule has 0 saturated heterocycles. The average Bonchev–Trinajstić information content (AvgIpc) is 3.11. The quantitative estimate of drug-likeness (QED) is 0.943. The maximum Gasteiger partial charge on any atom is 0.358 e. The van der Waals surface area contributed by atoms with Crippen LogP contribution in [0.3, 0.4) is 0 Å². The van der Waals surface area contributed by atoms with Gasteiger partial charge in [0.1, 0.15) is 0 Å². The minimum Gasteiger partial charge on any atom is -0.476 e. The maximum atomic E-state index is 11.2. The number of aromatic nitrogens is 3. The van der Waals surface area contributed by atoms with E-state index < -0.39 is 5.97 Å². The second-order valence-corrected chi connectivity index (χ2v) is 5.52. The van der Waals surface area contributed by atoms with Gasteiger partial charge in [0.25, 0.3) is 0 Å². The second-order valence-electron chi connectivity index (χ2n) is 4.72. The van der Waals surface area contributed by atoms with E-state index in [0.717, 1.165) is 28.6 Å². The molecule has 0 aliphatic heterocycles. The third-order valence-corrected chi connectivity index (χ3v) is 4.30. The molecule has 0 atom stereocenters. The molecule has 2 aromatic rings. The number of aryl methyl sites for hydroxylation is 1. The molecule has 1 aromatic carbocycles. The molecule has 1 aliphatic rings. The van der Waals surface area contributed by atoms with Crippen molar-refractivity contribution >= 4 is 21.9 Å². The van der Waals surface area contributed by atoms with Crippen molar-refractivity contribution in [3.63, 3.8) is 0 Å². The largest absolute Gasteiger partial charge is 0.476 e. The van der Waals surface area contributed by atoms with Crippen LogP contribution in [-0.2, 0) is 0 Å². The van der Waals surface area contributed by atoms with Crippen molar-refractivity contribution in [3.8, 4) is 5.69 Å². The normalized spacial score (nSPS) is 14.6. The lowest BCUT2D eigenvalue weighted by atomic mass is 10.2. The summed E-state index contributed by atoms with van der Waals surface area (Å²) in [7, 11) is 0. The van der Waals surface area contributed by atoms with Crippen molar-refractivity contribution in [1.82, 2.24) is 15.0 Å². The molecular weight excluding hydrogens is 310 g/mol. The van der Waals surface area contributed by atoms with Crippen LogP contribution in [0.25, 0.3) is 5.69 Å². The predicted octanol–water partition coefficient (Wildman–Crippen LogP) is 2.91. The Morgan fingerprint density at radius 2 is 2.21 bits per heavy atom. The molecule has 5 nitrogen and oxygen atoms in total. The fourth-order valence-corrected chi connectivity index (χ4v) is 2.57. The SMILES string of the molecule is Cc1cccc(-n2nnc(C(=O)O)c2C2CC2)c1Br. The molecule has 0 radical (unpaired) electrons.